The summed E-state index contributed by atoms with van der Waals surface area (Å²) in [5.74, 6) is 2.04. The first-order chi connectivity index (χ1) is 9.95. The molecular weight excluding hydrogens is 268 g/mol. The molecule has 1 saturated heterocycles. The fourth-order valence-corrected chi connectivity index (χ4v) is 3.07. The van der Waals surface area contributed by atoms with Crippen LogP contribution >= 0.6 is 0 Å². The quantitative estimate of drug-likeness (QED) is 0.798. The Hall–Kier alpha value is -0.980. The van der Waals surface area contributed by atoms with Crippen LogP contribution in [0.3, 0.4) is 0 Å². The minimum Gasteiger partial charge on any atom is -0.382 e. The average Bonchev–Trinajstić information content (AvgIpc) is 2.70. The molecule has 1 aliphatic rings. The molecule has 0 radical (unpaired) electrons. The van der Waals surface area contributed by atoms with Crippen LogP contribution in [-0.4, -0.2) is 58.2 Å². The Kier molecular flexibility index (Phi) is 5.35. The van der Waals surface area contributed by atoms with Gasteiger partial charge < -0.3 is 14.0 Å². The summed E-state index contributed by atoms with van der Waals surface area (Å²) in [7, 11) is 1.72. The molecule has 0 N–H and O–H groups in total. The molecule has 2 rings (SSSR count). The van der Waals surface area contributed by atoms with E-state index >= 15 is 0 Å². The maximum Gasteiger partial charge on any atom is 0.147 e. The second-order valence-corrected chi connectivity index (χ2v) is 6.44. The standard InChI is InChI=1S/C15H28N4O2/c1-6-7-19-12(2)16-17-14(19)9-18-8-13(10-20-5)21-15(3,4)11-18/h13H,6-11H2,1-5H3/t13-/m1/s1. The molecule has 0 unspecified atom stereocenters. The monoisotopic (exact) mass is 296 g/mol. The van der Waals surface area contributed by atoms with E-state index < -0.39 is 0 Å². The van der Waals surface area contributed by atoms with E-state index in [4.69, 9.17) is 9.47 Å². The smallest absolute Gasteiger partial charge is 0.147 e. The molecule has 2 heterocycles. The molecular formula is C15H28N4O2. The Labute approximate surface area is 127 Å². The van der Waals surface area contributed by atoms with Crippen molar-refractivity contribution in [3.8, 4) is 0 Å². The Morgan fingerprint density at radius 3 is 2.81 bits per heavy atom. The molecule has 1 aliphatic heterocycles. The highest BCUT2D eigenvalue weighted by atomic mass is 16.5. The van der Waals surface area contributed by atoms with Gasteiger partial charge in [-0.3, -0.25) is 4.90 Å². The van der Waals surface area contributed by atoms with Crippen LogP contribution in [0.2, 0.25) is 0 Å². The summed E-state index contributed by atoms with van der Waals surface area (Å²) < 4.78 is 13.5. The summed E-state index contributed by atoms with van der Waals surface area (Å²) in [4.78, 5) is 2.39. The zero-order valence-corrected chi connectivity index (χ0v) is 13.9. The van der Waals surface area contributed by atoms with Gasteiger partial charge in [-0.25, -0.2) is 0 Å². The van der Waals surface area contributed by atoms with Gasteiger partial charge in [0, 0.05) is 26.7 Å². The highest BCUT2D eigenvalue weighted by molar-refractivity contribution is 4.96. The second kappa shape index (κ2) is 6.85. The number of hydrogen-bond acceptors (Lipinski definition) is 5. The lowest BCUT2D eigenvalue weighted by molar-refractivity contribution is -0.154. The molecule has 0 bridgehead atoms. The van der Waals surface area contributed by atoms with E-state index in [1.807, 2.05) is 6.92 Å². The van der Waals surface area contributed by atoms with Gasteiger partial charge in [0.25, 0.3) is 0 Å². The molecule has 120 valence electrons. The van der Waals surface area contributed by atoms with Gasteiger partial charge in [-0.1, -0.05) is 6.92 Å². The lowest BCUT2D eigenvalue weighted by Crippen LogP contribution is -2.53. The number of nitrogens with zero attached hydrogens (tertiary/aromatic N) is 4. The third-order valence-corrected chi connectivity index (χ3v) is 3.73. The summed E-state index contributed by atoms with van der Waals surface area (Å²) in [5.41, 5.74) is -0.161. The van der Waals surface area contributed by atoms with Crippen molar-refractivity contribution in [1.29, 1.82) is 0 Å². The van der Waals surface area contributed by atoms with Gasteiger partial charge in [0.1, 0.15) is 11.6 Å². The Balaban J connectivity index is 2.07. The van der Waals surface area contributed by atoms with Gasteiger partial charge in [-0.05, 0) is 27.2 Å². The molecule has 1 aromatic heterocycles. The fraction of sp³-hybridized carbons (Fsp3) is 0.867. The summed E-state index contributed by atoms with van der Waals surface area (Å²) in [6.45, 7) is 12.6. The minimum absolute atomic E-state index is 0.113. The number of aromatic nitrogens is 3. The molecule has 0 aliphatic carbocycles. The highest BCUT2D eigenvalue weighted by Gasteiger charge is 2.33. The Morgan fingerprint density at radius 2 is 2.14 bits per heavy atom. The van der Waals surface area contributed by atoms with Crippen LogP contribution in [0.15, 0.2) is 0 Å². The van der Waals surface area contributed by atoms with E-state index in [-0.39, 0.29) is 11.7 Å². The van der Waals surface area contributed by atoms with Crippen molar-refractivity contribution in [1.82, 2.24) is 19.7 Å². The zero-order valence-electron chi connectivity index (χ0n) is 13.9. The highest BCUT2D eigenvalue weighted by Crippen LogP contribution is 2.22. The van der Waals surface area contributed by atoms with Crippen molar-refractivity contribution in [2.24, 2.45) is 0 Å². The topological polar surface area (TPSA) is 52.4 Å². The van der Waals surface area contributed by atoms with Gasteiger partial charge in [-0.15, -0.1) is 10.2 Å². The van der Waals surface area contributed by atoms with E-state index in [9.17, 15) is 0 Å². The summed E-state index contributed by atoms with van der Waals surface area (Å²) >= 11 is 0. The van der Waals surface area contributed by atoms with Crippen molar-refractivity contribution < 1.29 is 9.47 Å². The van der Waals surface area contributed by atoms with Crippen LogP contribution in [0.5, 0.6) is 0 Å². The van der Waals surface area contributed by atoms with E-state index in [0.29, 0.717) is 6.61 Å². The van der Waals surface area contributed by atoms with Gasteiger partial charge in [0.2, 0.25) is 0 Å². The lowest BCUT2D eigenvalue weighted by atomic mass is 10.1. The second-order valence-electron chi connectivity index (χ2n) is 6.44. The van der Waals surface area contributed by atoms with Crippen LogP contribution in [-0.2, 0) is 22.6 Å². The molecule has 6 heteroatoms. The van der Waals surface area contributed by atoms with Crippen LogP contribution in [0.4, 0.5) is 0 Å². The Morgan fingerprint density at radius 1 is 1.38 bits per heavy atom. The number of morpholine rings is 1. The Bertz CT molecular complexity index is 459. The first-order valence-electron chi connectivity index (χ1n) is 7.73. The van der Waals surface area contributed by atoms with Crippen LogP contribution in [0, 0.1) is 6.92 Å². The normalized spacial score (nSPS) is 22.6. The molecule has 0 aromatic carbocycles. The number of aryl methyl sites for hydroxylation is 1. The minimum atomic E-state index is -0.161. The molecule has 0 spiro atoms. The molecule has 1 atom stereocenters. The number of hydrogen-bond donors (Lipinski definition) is 0. The molecule has 0 saturated carbocycles. The van der Waals surface area contributed by atoms with Crippen LogP contribution < -0.4 is 0 Å². The van der Waals surface area contributed by atoms with Gasteiger partial charge in [0.15, 0.2) is 0 Å². The van der Waals surface area contributed by atoms with Gasteiger partial charge in [0.05, 0.1) is 24.9 Å². The van der Waals surface area contributed by atoms with Crippen molar-refractivity contribution >= 4 is 0 Å². The summed E-state index contributed by atoms with van der Waals surface area (Å²) in [6, 6.07) is 0. The molecule has 1 fully saturated rings. The van der Waals surface area contributed by atoms with E-state index in [0.717, 1.165) is 44.2 Å². The summed E-state index contributed by atoms with van der Waals surface area (Å²) in [6.07, 6.45) is 1.20. The van der Waals surface area contributed by atoms with Crippen LogP contribution in [0.25, 0.3) is 0 Å². The molecule has 21 heavy (non-hydrogen) atoms. The van der Waals surface area contributed by atoms with Gasteiger partial charge >= 0.3 is 0 Å². The average molecular weight is 296 g/mol. The van der Waals surface area contributed by atoms with E-state index in [2.05, 4.69) is 40.4 Å². The molecule has 0 amide bonds. The largest absolute Gasteiger partial charge is 0.382 e. The number of methoxy groups -OCH3 is 1. The van der Waals surface area contributed by atoms with Crippen molar-refractivity contribution in [2.75, 3.05) is 26.8 Å². The number of rotatable bonds is 6. The third-order valence-electron chi connectivity index (χ3n) is 3.73. The van der Waals surface area contributed by atoms with Crippen molar-refractivity contribution in [3.63, 3.8) is 0 Å². The fourth-order valence-electron chi connectivity index (χ4n) is 3.07. The van der Waals surface area contributed by atoms with Crippen molar-refractivity contribution in [2.45, 2.75) is 58.9 Å². The lowest BCUT2D eigenvalue weighted by Gasteiger charge is -2.42. The predicted octanol–water partition coefficient (Wildman–Crippen LogP) is 1.62. The molecule has 6 nitrogen and oxygen atoms in total. The first kappa shape index (κ1) is 16.4. The van der Waals surface area contributed by atoms with E-state index in [1.165, 1.54) is 0 Å². The van der Waals surface area contributed by atoms with E-state index in [1.54, 1.807) is 7.11 Å². The van der Waals surface area contributed by atoms with Gasteiger partial charge in [-0.2, -0.15) is 0 Å². The zero-order chi connectivity index (χ0) is 15.5. The van der Waals surface area contributed by atoms with Crippen molar-refractivity contribution in [3.05, 3.63) is 11.6 Å². The predicted molar refractivity (Wildman–Crippen MR) is 81.2 cm³/mol. The SMILES string of the molecule is CCCn1c(C)nnc1CN1C[C@H](COC)OC(C)(C)C1. The summed E-state index contributed by atoms with van der Waals surface area (Å²) in [5, 5.41) is 8.57. The number of ether oxygens (including phenoxy) is 2. The van der Waals surface area contributed by atoms with Crippen LogP contribution in [0.1, 0.15) is 38.8 Å². The maximum atomic E-state index is 6.06. The first-order valence-corrected chi connectivity index (χ1v) is 7.73. The molecule has 1 aromatic rings. The maximum absolute atomic E-state index is 6.06. The third kappa shape index (κ3) is 4.25.